The van der Waals surface area contributed by atoms with Crippen molar-refractivity contribution in [1.82, 2.24) is 0 Å². The Kier molecular flexibility index (Phi) is 48.6. The SMILES string of the molecule is CCCCCCC/C=C\C/C=C\C/C=C\CCCCCCCCCCCOCC(COC1OC(CO)C(O)C(OS(=O)(=O)O)C1O)OC(=O)CCCCCCCCCCCCC/C=C\C/C=C\CCCCCCC. The Morgan fingerprint density at radius 2 is 0.892 bits per heavy atom. The van der Waals surface area contributed by atoms with Crippen LogP contribution >= 0.6 is 0 Å². The van der Waals surface area contributed by atoms with Crippen LogP contribution in [0.5, 0.6) is 0 Å². The average Bonchev–Trinajstić information content (AvgIpc) is 3.38. The number of hydrogen-bond donors (Lipinski definition) is 4. The number of unbranched alkanes of at least 4 members (excludes halogenated alkanes) is 30. The molecule has 13 heteroatoms. The van der Waals surface area contributed by atoms with Crippen LogP contribution in [0.25, 0.3) is 0 Å². The Morgan fingerprint density at radius 1 is 0.514 bits per heavy atom. The molecule has 1 fully saturated rings. The topological polar surface area (TPSA) is 178 Å². The minimum Gasteiger partial charge on any atom is -0.457 e. The zero-order valence-corrected chi connectivity index (χ0v) is 47.7. The van der Waals surface area contributed by atoms with Crippen LogP contribution in [-0.4, -0.2) is 97.5 Å². The lowest BCUT2D eigenvalue weighted by atomic mass is 9.99. The van der Waals surface area contributed by atoms with Gasteiger partial charge in [-0.05, 0) is 83.5 Å². The van der Waals surface area contributed by atoms with E-state index in [0.717, 1.165) is 64.2 Å². The van der Waals surface area contributed by atoms with Crippen molar-refractivity contribution >= 4 is 16.4 Å². The molecule has 0 aromatic heterocycles. The third-order valence-electron chi connectivity index (χ3n) is 13.6. The van der Waals surface area contributed by atoms with E-state index < -0.39 is 59.8 Å². The molecule has 0 aromatic rings. The molecule has 6 unspecified atom stereocenters. The normalized spacial score (nSPS) is 19.1. The molecule has 0 amide bonds. The largest absolute Gasteiger partial charge is 0.457 e. The summed E-state index contributed by atoms with van der Waals surface area (Å²) in [6.45, 7) is 3.99. The Bertz CT molecular complexity index is 1510. The van der Waals surface area contributed by atoms with Gasteiger partial charge in [0.1, 0.15) is 30.5 Å². The quantitative estimate of drug-likeness (QED) is 0.0196. The van der Waals surface area contributed by atoms with E-state index in [1.807, 2.05) is 0 Å². The van der Waals surface area contributed by atoms with Gasteiger partial charge in [-0.1, -0.05) is 229 Å². The number of carbonyl (C=O) groups is 1. The summed E-state index contributed by atoms with van der Waals surface area (Å²) in [5.41, 5.74) is 0. The molecule has 1 heterocycles. The number of ether oxygens (including phenoxy) is 4. The van der Waals surface area contributed by atoms with Crippen LogP contribution < -0.4 is 0 Å². The van der Waals surface area contributed by atoms with Crippen LogP contribution in [0.1, 0.15) is 258 Å². The van der Waals surface area contributed by atoms with Gasteiger partial charge in [0.15, 0.2) is 6.29 Å². The van der Waals surface area contributed by atoms with Gasteiger partial charge in [0.2, 0.25) is 0 Å². The number of rotatable bonds is 53. The summed E-state index contributed by atoms with van der Waals surface area (Å²) in [5, 5.41) is 30.9. The molecule has 0 aliphatic carbocycles. The van der Waals surface area contributed by atoms with E-state index in [-0.39, 0.29) is 19.6 Å². The van der Waals surface area contributed by atoms with Crippen molar-refractivity contribution in [2.75, 3.05) is 26.4 Å². The van der Waals surface area contributed by atoms with Gasteiger partial charge < -0.3 is 34.3 Å². The van der Waals surface area contributed by atoms with E-state index in [0.29, 0.717) is 13.0 Å². The highest BCUT2D eigenvalue weighted by atomic mass is 32.3. The first-order valence-corrected chi connectivity index (χ1v) is 31.4. The van der Waals surface area contributed by atoms with Crippen molar-refractivity contribution in [1.29, 1.82) is 0 Å². The molecule has 1 aliphatic heterocycles. The molecular weight excluding hydrogens is 957 g/mol. The van der Waals surface area contributed by atoms with E-state index in [9.17, 15) is 33.1 Å². The van der Waals surface area contributed by atoms with Crippen LogP contribution in [0.2, 0.25) is 0 Å². The number of carbonyl (C=O) groups excluding carboxylic acids is 1. The van der Waals surface area contributed by atoms with E-state index in [2.05, 4.69) is 78.8 Å². The standard InChI is InChI=1S/C61H110O12S/c1-3-5-7-9-11-13-15-17-19-21-23-25-27-29-31-33-35-37-39-41-43-45-47-49-51-69-53-55(54-70-61-59(65)60(73-74(66,67)68)58(64)56(52-62)72-61)71-57(63)50-48-46-44-42-40-38-36-34-32-30-28-26-24-22-20-18-16-14-12-10-8-6-4-2/h15-18,21-24,27,29,55-56,58-62,64-65H,3-14,19-20,25-26,28,30-54H2,1-2H3,(H,66,67,68)/b17-15-,18-16-,23-21-,24-22-,29-27-. The predicted molar refractivity (Wildman–Crippen MR) is 303 cm³/mol. The molecule has 4 N–H and O–H groups in total. The fraction of sp³-hybridized carbons (Fsp3) is 0.820. The van der Waals surface area contributed by atoms with Crippen LogP contribution in [0, 0.1) is 0 Å². The maximum atomic E-state index is 13.0. The summed E-state index contributed by atoms with van der Waals surface area (Å²) in [6.07, 6.45) is 58.2. The van der Waals surface area contributed by atoms with E-state index in [4.69, 9.17) is 18.9 Å². The van der Waals surface area contributed by atoms with Gasteiger partial charge in [-0.3, -0.25) is 9.35 Å². The molecule has 0 radical (unpaired) electrons. The molecule has 0 bridgehead atoms. The first-order valence-electron chi connectivity index (χ1n) is 30.0. The lowest BCUT2D eigenvalue weighted by molar-refractivity contribution is -0.301. The predicted octanol–water partition coefficient (Wildman–Crippen LogP) is 15.2. The summed E-state index contributed by atoms with van der Waals surface area (Å²) in [6, 6.07) is 0. The summed E-state index contributed by atoms with van der Waals surface area (Å²) in [7, 11) is -5.07. The van der Waals surface area contributed by atoms with Crippen LogP contribution in [0.3, 0.4) is 0 Å². The molecule has 6 atom stereocenters. The Morgan fingerprint density at radius 3 is 1.30 bits per heavy atom. The Labute approximate surface area is 452 Å². The molecule has 1 saturated heterocycles. The van der Waals surface area contributed by atoms with Crippen molar-refractivity contribution < 1.29 is 56.2 Å². The molecule has 0 aromatic carbocycles. The zero-order chi connectivity index (χ0) is 53.8. The number of aliphatic hydroxyl groups is 3. The van der Waals surface area contributed by atoms with E-state index >= 15 is 0 Å². The number of hydrogen-bond acceptors (Lipinski definition) is 11. The second kappa shape index (κ2) is 51.6. The van der Waals surface area contributed by atoms with Crippen molar-refractivity contribution in [2.24, 2.45) is 0 Å². The number of aliphatic hydroxyl groups excluding tert-OH is 3. The lowest BCUT2D eigenvalue weighted by Gasteiger charge is -2.41. The molecule has 432 valence electrons. The summed E-state index contributed by atoms with van der Waals surface area (Å²) in [4.78, 5) is 13.0. The molecule has 74 heavy (non-hydrogen) atoms. The fourth-order valence-electron chi connectivity index (χ4n) is 9.07. The first-order chi connectivity index (χ1) is 36.1. The van der Waals surface area contributed by atoms with Crippen LogP contribution in [0.4, 0.5) is 0 Å². The highest BCUT2D eigenvalue weighted by Crippen LogP contribution is 2.26. The van der Waals surface area contributed by atoms with Gasteiger partial charge in [-0.25, -0.2) is 4.18 Å². The second-order valence-corrected chi connectivity index (χ2v) is 21.6. The van der Waals surface area contributed by atoms with Gasteiger partial charge in [0.25, 0.3) is 0 Å². The summed E-state index contributed by atoms with van der Waals surface area (Å²) < 4.78 is 59.5. The average molecular weight is 1070 g/mol. The van der Waals surface area contributed by atoms with Gasteiger partial charge in [0, 0.05) is 13.0 Å². The van der Waals surface area contributed by atoms with E-state index in [1.165, 1.54) is 167 Å². The van der Waals surface area contributed by atoms with Crippen molar-refractivity contribution in [3.63, 3.8) is 0 Å². The lowest BCUT2D eigenvalue weighted by Crippen LogP contribution is -2.60. The summed E-state index contributed by atoms with van der Waals surface area (Å²) >= 11 is 0. The Balaban J connectivity index is 2.29. The monoisotopic (exact) mass is 1070 g/mol. The maximum Gasteiger partial charge on any atom is 0.397 e. The minimum atomic E-state index is -5.07. The third kappa shape index (κ3) is 43.9. The second-order valence-electron chi connectivity index (χ2n) is 20.6. The van der Waals surface area contributed by atoms with Crippen LogP contribution in [-0.2, 0) is 38.3 Å². The van der Waals surface area contributed by atoms with Crippen molar-refractivity contribution in [2.45, 2.75) is 295 Å². The van der Waals surface area contributed by atoms with E-state index in [1.54, 1.807) is 0 Å². The van der Waals surface area contributed by atoms with Gasteiger partial charge in [-0.15, -0.1) is 0 Å². The minimum absolute atomic E-state index is 0.0304. The molecule has 1 aliphatic rings. The maximum absolute atomic E-state index is 13.0. The zero-order valence-electron chi connectivity index (χ0n) is 46.9. The smallest absolute Gasteiger partial charge is 0.397 e. The number of allylic oxidation sites excluding steroid dienone is 10. The molecule has 0 saturated carbocycles. The third-order valence-corrected chi connectivity index (χ3v) is 14.1. The van der Waals surface area contributed by atoms with Gasteiger partial charge >= 0.3 is 16.4 Å². The van der Waals surface area contributed by atoms with Crippen molar-refractivity contribution in [3.8, 4) is 0 Å². The molecule has 12 nitrogen and oxygen atoms in total. The first kappa shape index (κ1) is 69.8. The fourth-order valence-corrected chi connectivity index (χ4v) is 9.57. The molecular formula is C61H110O12S. The Hall–Kier alpha value is -2.20. The number of esters is 1. The highest BCUT2D eigenvalue weighted by Gasteiger charge is 2.48. The van der Waals surface area contributed by atoms with Crippen LogP contribution in [0.15, 0.2) is 60.8 Å². The molecule has 0 spiro atoms. The molecule has 1 rings (SSSR count). The van der Waals surface area contributed by atoms with Gasteiger partial charge in [0.05, 0.1) is 19.8 Å². The highest BCUT2D eigenvalue weighted by molar-refractivity contribution is 7.80. The summed E-state index contributed by atoms with van der Waals surface area (Å²) in [5.74, 6) is -0.402. The van der Waals surface area contributed by atoms with Crippen molar-refractivity contribution in [3.05, 3.63) is 60.8 Å². The van der Waals surface area contributed by atoms with Gasteiger partial charge in [-0.2, -0.15) is 8.42 Å².